The molecule has 0 atom stereocenters. The second kappa shape index (κ2) is 7.87. The molecule has 9 nitrogen and oxygen atoms in total. The summed E-state index contributed by atoms with van der Waals surface area (Å²) in [5.41, 5.74) is -0.130. The van der Waals surface area contributed by atoms with Crippen molar-refractivity contribution in [3.63, 3.8) is 0 Å². The van der Waals surface area contributed by atoms with E-state index in [1.807, 2.05) is 0 Å². The number of nitrogens with zero attached hydrogens (tertiary/aromatic N) is 1. The summed E-state index contributed by atoms with van der Waals surface area (Å²) in [5, 5.41) is 10.9. The molecule has 0 saturated carbocycles. The molecule has 3 rings (SSSR count). The molecule has 0 unspecified atom stereocenters. The van der Waals surface area contributed by atoms with Gasteiger partial charge < -0.3 is 14.6 Å². The van der Waals surface area contributed by atoms with Gasteiger partial charge in [0.2, 0.25) is 10.0 Å². The highest BCUT2D eigenvalue weighted by Gasteiger charge is 2.26. The number of morpholine rings is 1. The van der Waals surface area contributed by atoms with E-state index >= 15 is 0 Å². The van der Waals surface area contributed by atoms with Gasteiger partial charge in [0.05, 0.1) is 29.0 Å². The van der Waals surface area contributed by atoms with Gasteiger partial charge in [-0.1, -0.05) is 12.1 Å². The van der Waals surface area contributed by atoms with E-state index in [9.17, 15) is 26.7 Å². The molecule has 11 heteroatoms. The van der Waals surface area contributed by atoms with Crippen molar-refractivity contribution in [2.75, 3.05) is 31.0 Å². The van der Waals surface area contributed by atoms with Crippen LogP contribution >= 0.6 is 0 Å². The second-order valence-corrected chi connectivity index (χ2v) is 9.58. The molecule has 0 aliphatic carbocycles. The Labute approximate surface area is 162 Å². The molecule has 0 spiro atoms. The molecule has 0 bridgehead atoms. The number of ether oxygens (including phenoxy) is 1. The van der Waals surface area contributed by atoms with E-state index in [0.717, 1.165) is 6.07 Å². The van der Waals surface area contributed by atoms with E-state index in [4.69, 9.17) is 4.74 Å². The lowest BCUT2D eigenvalue weighted by Crippen LogP contribution is -2.40. The summed E-state index contributed by atoms with van der Waals surface area (Å²) in [6.07, 6.45) is 0. The van der Waals surface area contributed by atoms with Crippen LogP contribution < -0.4 is 9.83 Å². The maximum atomic E-state index is 12.6. The zero-order valence-corrected chi connectivity index (χ0v) is 16.2. The molecule has 1 aliphatic rings. The number of hydrogen-bond donors (Lipinski definition) is 1. The number of aromatic carboxylic acids is 1. The highest BCUT2D eigenvalue weighted by atomic mass is 32.2. The van der Waals surface area contributed by atoms with Crippen molar-refractivity contribution < 1.29 is 31.5 Å². The molecule has 1 fully saturated rings. The van der Waals surface area contributed by atoms with Crippen molar-refractivity contribution in [1.29, 1.82) is 0 Å². The van der Waals surface area contributed by atoms with Crippen LogP contribution in [0.15, 0.2) is 58.3 Å². The standard InChI is InChI=1S/C17H18N2O7S2/c20-17(21)13-2-1-3-16(12-13)27(22,23)18-14-4-6-15(7-5-14)28(24,25)19-8-10-26-11-9-19/h1-7,12,18H,8-11H2,(H,20,21)/p-1. The number of sulfonamides is 2. The fraction of sp³-hybridized carbons (Fsp3) is 0.235. The number of rotatable bonds is 6. The first kappa shape index (κ1) is 20.3. The minimum atomic E-state index is -4.06. The van der Waals surface area contributed by atoms with Crippen LogP contribution in [0.3, 0.4) is 0 Å². The Bertz CT molecular complexity index is 1070. The first-order chi connectivity index (χ1) is 13.2. The van der Waals surface area contributed by atoms with E-state index in [2.05, 4.69) is 4.72 Å². The Morgan fingerprint density at radius 3 is 2.21 bits per heavy atom. The lowest BCUT2D eigenvalue weighted by atomic mass is 10.2. The molecular formula is C17H17N2O7S2-. The summed E-state index contributed by atoms with van der Waals surface area (Å²) >= 11 is 0. The zero-order chi connectivity index (χ0) is 20.4. The minimum Gasteiger partial charge on any atom is -0.545 e. The first-order valence-electron chi connectivity index (χ1n) is 8.22. The second-order valence-electron chi connectivity index (χ2n) is 5.96. The summed E-state index contributed by atoms with van der Waals surface area (Å²) in [5.74, 6) is -1.49. The van der Waals surface area contributed by atoms with Crippen LogP contribution in [0.5, 0.6) is 0 Å². The number of carbonyl (C=O) groups excluding carboxylic acids is 1. The topological polar surface area (TPSA) is 133 Å². The third kappa shape index (κ3) is 4.33. The van der Waals surface area contributed by atoms with Gasteiger partial charge in [-0.3, -0.25) is 4.72 Å². The van der Waals surface area contributed by atoms with Gasteiger partial charge in [-0.25, -0.2) is 16.8 Å². The molecular weight excluding hydrogens is 408 g/mol. The minimum absolute atomic E-state index is 0.0382. The van der Waals surface area contributed by atoms with Gasteiger partial charge in [-0.2, -0.15) is 4.31 Å². The van der Waals surface area contributed by atoms with Gasteiger partial charge in [-0.15, -0.1) is 0 Å². The van der Waals surface area contributed by atoms with Gasteiger partial charge in [0.15, 0.2) is 0 Å². The predicted octanol–water partition coefficient (Wildman–Crippen LogP) is -0.128. The van der Waals surface area contributed by atoms with Crippen LogP contribution in [0.4, 0.5) is 5.69 Å². The van der Waals surface area contributed by atoms with E-state index in [0.29, 0.717) is 13.2 Å². The van der Waals surface area contributed by atoms with E-state index in [-0.39, 0.29) is 34.1 Å². The Hall–Kier alpha value is -2.47. The van der Waals surface area contributed by atoms with E-state index < -0.39 is 26.0 Å². The van der Waals surface area contributed by atoms with Crippen molar-refractivity contribution in [3.8, 4) is 0 Å². The number of carboxylic acids is 1. The third-order valence-electron chi connectivity index (χ3n) is 4.09. The van der Waals surface area contributed by atoms with E-state index in [1.54, 1.807) is 0 Å². The molecule has 0 amide bonds. The van der Waals surface area contributed by atoms with Crippen LogP contribution in [-0.4, -0.2) is 53.4 Å². The molecule has 0 aromatic heterocycles. The maximum Gasteiger partial charge on any atom is 0.261 e. The molecule has 2 aromatic carbocycles. The highest BCUT2D eigenvalue weighted by Crippen LogP contribution is 2.22. The third-order valence-corrected chi connectivity index (χ3v) is 7.39. The quantitative estimate of drug-likeness (QED) is 0.682. The molecule has 1 N–H and O–H groups in total. The van der Waals surface area contributed by atoms with Crippen LogP contribution in [0.1, 0.15) is 10.4 Å². The Balaban J connectivity index is 1.80. The normalized spacial score (nSPS) is 15.9. The van der Waals surface area contributed by atoms with Crippen LogP contribution in [-0.2, 0) is 24.8 Å². The lowest BCUT2D eigenvalue weighted by Gasteiger charge is -2.26. The fourth-order valence-corrected chi connectivity index (χ4v) is 5.15. The molecule has 1 saturated heterocycles. The number of benzene rings is 2. The largest absolute Gasteiger partial charge is 0.545 e. The van der Waals surface area contributed by atoms with Gasteiger partial charge in [-0.05, 0) is 42.0 Å². The molecule has 0 radical (unpaired) electrons. The van der Waals surface area contributed by atoms with Crippen LogP contribution in [0.25, 0.3) is 0 Å². The number of carbonyl (C=O) groups is 1. The van der Waals surface area contributed by atoms with Crippen LogP contribution in [0, 0.1) is 0 Å². The lowest BCUT2D eigenvalue weighted by molar-refractivity contribution is -0.255. The van der Waals surface area contributed by atoms with Gasteiger partial charge in [0.1, 0.15) is 0 Å². The number of nitrogens with one attached hydrogen (secondary N) is 1. The summed E-state index contributed by atoms with van der Waals surface area (Å²) in [6.45, 7) is 1.15. The Morgan fingerprint density at radius 1 is 0.964 bits per heavy atom. The Morgan fingerprint density at radius 2 is 1.61 bits per heavy atom. The van der Waals surface area contributed by atoms with Crippen molar-refractivity contribution in [1.82, 2.24) is 4.31 Å². The molecule has 1 heterocycles. The average molecular weight is 425 g/mol. The molecule has 28 heavy (non-hydrogen) atoms. The monoisotopic (exact) mass is 425 g/mol. The smallest absolute Gasteiger partial charge is 0.261 e. The van der Waals surface area contributed by atoms with Crippen molar-refractivity contribution in [3.05, 3.63) is 54.1 Å². The van der Waals surface area contributed by atoms with Crippen molar-refractivity contribution >= 4 is 31.7 Å². The van der Waals surface area contributed by atoms with Gasteiger partial charge >= 0.3 is 0 Å². The molecule has 2 aromatic rings. The van der Waals surface area contributed by atoms with E-state index in [1.165, 1.54) is 46.8 Å². The average Bonchev–Trinajstić information content (AvgIpc) is 2.69. The maximum absolute atomic E-state index is 12.6. The van der Waals surface area contributed by atoms with Crippen molar-refractivity contribution in [2.45, 2.75) is 9.79 Å². The van der Waals surface area contributed by atoms with Gasteiger partial charge in [0.25, 0.3) is 10.0 Å². The highest BCUT2D eigenvalue weighted by molar-refractivity contribution is 7.92. The first-order valence-corrected chi connectivity index (χ1v) is 11.1. The zero-order valence-electron chi connectivity index (χ0n) is 14.6. The summed E-state index contributed by atoms with van der Waals surface area (Å²) in [4.78, 5) is 10.7. The number of carboxylic acid groups (broad SMARTS) is 1. The number of hydrogen-bond acceptors (Lipinski definition) is 7. The molecule has 150 valence electrons. The van der Waals surface area contributed by atoms with Crippen LogP contribution in [0.2, 0.25) is 0 Å². The SMILES string of the molecule is O=C([O-])c1cccc(S(=O)(=O)Nc2ccc(S(=O)(=O)N3CCOCC3)cc2)c1. The predicted molar refractivity (Wildman–Crippen MR) is 97.6 cm³/mol. The summed E-state index contributed by atoms with van der Waals surface area (Å²) < 4.78 is 58.8. The van der Waals surface area contributed by atoms with Crippen molar-refractivity contribution in [2.24, 2.45) is 0 Å². The van der Waals surface area contributed by atoms with Gasteiger partial charge in [0, 0.05) is 18.8 Å². The fourth-order valence-electron chi connectivity index (χ4n) is 2.64. The Kier molecular flexibility index (Phi) is 5.70. The summed E-state index contributed by atoms with van der Waals surface area (Å²) in [6, 6.07) is 10.00. The molecule has 1 aliphatic heterocycles. The number of anilines is 1. The summed E-state index contributed by atoms with van der Waals surface area (Å²) in [7, 11) is -7.74.